The molecule has 2 amide bonds. The van der Waals surface area contributed by atoms with Gasteiger partial charge >= 0.3 is 0 Å². The molecule has 2 saturated heterocycles. The Bertz CT molecular complexity index is 858. The molecule has 0 aromatic heterocycles. The van der Waals surface area contributed by atoms with E-state index in [0.29, 0.717) is 25.9 Å². The highest BCUT2D eigenvalue weighted by Crippen LogP contribution is 2.42. The molecular weight excluding hydrogens is 367 g/mol. The van der Waals surface area contributed by atoms with Gasteiger partial charge in [-0.15, -0.1) is 0 Å². The van der Waals surface area contributed by atoms with Crippen molar-refractivity contribution in [1.29, 1.82) is 0 Å². The summed E-state index contributed by atoms with van der Waals surface area (Å²) in [4.78, 5) is 29.8. The minimum atomic E-state index is -0.332. The number of para-hydroxylation sites is 1. The number of hydrogen-bond donors (Lipinski definition) is 0. The average molecular weight is 394 g/mol. The first-order valence-corrected chi connectivity index (χ1v) is 10.5. The molecule has 0 bridgehead atoms. The maximum atomic E-state index is 13.3. The molecule has 0 radical (unpaired) electrons. The summed E-state index contributed by atoms with van der Waals surface area (Å²) in [6.45, 7) is 2.04. The lowest BCUT2D eigenvalue weighted by atomic mass is 9.71. The Balaban J connectivity index is 1.35. The van der Waals surface area contributed by atoms with Crippen molar-refractivity contribution in [3.05, 3.63) is 66.0 Å². The van der Waals surface area contributed by atoms with Crippen molar-refractivity contribution in [2.45, 2.75) is 38.5 Å². The number of carbonyl (C=O) groups is 2. The van der Waals surface area contributed by atoms with Gasteiger partial charge in [-0.05, 0) is 61.9 Å². The zero-order valence-electron chi connectivity index (χ0n) is 16.6. The number of aryl methyl sites for hydroxylation is 1. The van der Waals surface area contributed by atoms with E-state index < -0.39 is 0 Å². The van der Waals surface area contributed by atoms with Gasteiger partial charge in [-0.3, -0.25) is 9.59 Å². The van der Waals surface area contributed by atoms with Crippen LogP contribution in [0.2, 0.25) is 0 Å². The maximum absolute atomic E-state index is 13.3. The molecule has 2 aliphatic heterocycles. The first kappa shape index (κ1) is 19.6. The van der Waals surface area contributed by atoms with E-state index in [1.165, 1.54) is 12.1 Å². The topological polar surface area (TPSA) is 40.6 Å². The third-order valence-electron chi connectivity index (χ3n) is 6.42. The number of amides is 2. The maximum Gasteiger partial charge on any atom is 0.233 e. The average Bonchev–Trinajstić information content (AvgIpc) is 2.76. The van der Waals surface area contributed by atoms with Crippen molar-refractivity contribution in [3.8, 4) is 0 Å². The lowest BCUT2D eigenvalue weighted by Crippen LogP contribution is -2.54. The van der Waals surface area contributed by atoms with Crippen LogP contribution >= 0.6 is 0 Å². The summed E-state index contributed by atoms with van der Waals surface area (Å²) in [6, 6.07) is 16.2. The monoisotopic (exact) mass is 394 g/mol. The molecule has 29 heavy (non-hydrogen) atoms. The molecule has 2 aromatic rings. The van der Waals surface area contributed by atoms with Crippen molar-refractivity contribution in [2.75, 3.05) is 24.5 Å². The van der Waals surface area contributed by atoms with Crippen molar-refractivity contribution < 1.29 is 14.0 Å². The Morgan fingerprint density at radius 1 is 0.931 bits per heavy atom. The smallest absolute Gasteiger partial charge is 0.233 e. The fraction of sp³-hybridized carbons (Fsp3) is 0.417. The Morgan fingerprint density at radius 2 is 1.62 bits per heavy atom. The number of rotatable bonds is 4. The van der Waals surface area contributed by atoms with E-state index >= 15 is 0 Å². The van der Waals surface area contributed by atoms with E-state index in [9.17, 15) is 14.0 Å². The lowest BCUT2D eigenvalue weighted by molar-refractivity contribution is -0.140. The molecule has 5 heteroatoms. The largest absolute Gasteiger partial charge is 0.343 e. The Morgan fingerprint density at radius 3 is 2.31 bits per heavy atom. The summed E-state index contributed by atoms with van der Waals surface area (Å²) in [5.74, 6) is 0.0730. The van der Waals surface area contributed by atoms with E-state index in [4.69, 9.17) is 0 Å². The Labute approximate surface area is 171 Å². The second kappa shape index (κ2) is 8.36. The molecule has 1 spiro atoms. The summed E-state index contributed by atoms with van der Waals surface area (Å²) in [7, 11) is 0. The molecule has 4 rings (SSSR count). The highest BCUT2D eigenvalue weighted by molar-refractivity contribution is 5.98. The summed E-state index contributed by atoms with van der Waals surface area (Å²) < 4.78 is 13.0. The van der Waals surface area contributed by atoms with E-state index in [1.807, 2.05) is 40.1 Å². The van der Waals surface area contributed by atoms with Crippen molar-refractivity contribution >= 4 is 17.5 Å². The van der Waals surface area contributed by atoms with Gasteiger partial charge in [0.05, 0.1) is 5.41 Å². The number of anilines is 1. The highest BCUT2D eigenvalue weighted by Gasteiger charge is 2.46. The van der Waals surface area contributed by atoms with Crippen LogP contribution in [0.1, 0.15) is 37.7 Å². The van der Waals surface area contributed by atoms with Crippen LogP contribution in [0.25, 0.3) is 0 Å². The third kappa shape index (κ3) is 4.19. The van der Waals surface area contributed by atoms with Gasteiger partial charge in [-0.2, -0.15) is 0 Å². The lowest BCUT2D eigenvalue weighted by Gasteiger charge is -2.46. The number of likely N-dealkylation sites (tertiary alicyclic amines) is 1. The fourth-order valence-corrected chi connectivity index (χ4v) is 4.63. The summed E-state index contributed by atoms with van der Waals surface area (Å²) in [6.07, 6.45) is 4.41. The SMILES string of the molecule is O=C(CCc1ccc(F)cc1)N1CCC2(CCCN(c3ccccc3)C2=O)CC1. The first-order chi connectivity index (χ1) is 14.1. The van der Waals surface area contributed by atoms with Crippen LogP contribution in [0.3, 0.4) is 0 Å². The van der Waals surface area contributed by atoms with Crippen LogP contribution < -0.4 is 4.90 Å². The Kier molecular flexibility index (Phi) is 5.65. The quantitative estimate of drug-likeness (QED) is 0.780. The minimum Gasteiger partial charge on any atom is -0.343 e. The number of nitrogens with zero attached hydrogens (tertiary/aromatic N) is 2. The van der Waals surface area contributed by atoms with Crippen LogP contribution in [0.15, 0.2) is 54.6 Å². The predicted molar refractivity (Wildman–Crippen MR) is 111 cm³/mol. The molecular formula is C24H27FN2O2. The van der Waals surface area contributed by atoms with Crippen LogP contribution in [0.5, 0.6) is 0 Å². The van der Waals surface area contributed by atoms with Gasteiger partial charge < -0.3 is 9.80 Å². The molecule has 0 atom stereocenters. The van der Waals surface area contributed by atoms with E-state index in [2.05, 4.69) is 0 Å². The van der Waals surface area contributed by atoms with Gasteiger partial charge in [0.25, 0.3) is 0 Å². The molecule has 2 fully saturated rings. The number of carbonyl (C=O) groups excluding carboxylic acids is 2. The fourth-order valence-electron chi connectivity index (χ4n) is 4.63. The van der Waals surface area contributed by atoms with E-state index in [0.717, 1.165) is 43.5 Å². The molecule has 4 nitrogen and oxygen atoms in total. The second-order valence-corrected chi connectivity index (χ2v) is 8.18. The molecule has 0 aliphatic carbocycles. The first-order valence-electron chi connectivity index (χ1n) is 10.5. The van der Waals surface area contributed by atoms with Gasteiger partial charge in [0.1, 0.15) is 5.82 Å². The molecule has 2 aliphatic rings. The number of benzene rings is 2. The normalized spacial score (nSPS) is 18.9. The van der Waals surface area contributed by atoms with Crippen LogP contribution in [0, 0.1) is 11.2 Å². The van der Waals surface area contributed by atoms with E-state index in [-0.39, 0.29) is 23.0 Å². The van der Waals surface area contributed by atoms with Gasteiger partial charge in [-0.25, -0.2) is 4.39 Å². The molecule has 0 saturated carbocycles. The zero-order valence-corrected chi connectivity index (χ0v) is 16.6. The van der Waals surface area contributed by atoms with Crippen LogP contribution in [-0.2, 0) is 16.0 Å². The number of hydrogen-bond acceptors (Lipinski definition) is 2. The van der Waals surface area contributed by atoms with Gasteiger partial charge in [-0.1, -0.05) is 30.3 Å². The van der Waals surface area contributed by atoms with E-state index in [1.54, 1.807) is 12.1 Å². The summed E-state index contributed by atoms with van der Waals surface area (Å²) in [5, 5.41) is 0. The molecule has 2 aromatic carbocycles. The standard InChI is InChI=1S/C24H27FN2O2/c25-20-10-7-19(8-11-20)9-12-22(28)26-17-14-24(15-18-26)13-4-16-27(23(24)29)21-5-2-1-3-6-21/h1-3,5-8,10-11H,4,9,12-18H2. The van der Waals surface area contributed by atoms with Crippen molar-refractivity contribution in [1.82, 2.24) is 4.90 Å². The number of halogens is 1. The molecule has 152 valence electrons. The Hall–Kier alpha value is -2.69. The van der Waals surface area contributed by atoms with Crippen molar-refractivity contribution in [2.24, 2.45) is 5.41 Å². The highest BCUT2D eigenvalue weighted by atomic mass is 19.1. The van der Waals surface area contributed by atoms with Gasteiger partial charge in [0, 0.05) is 31.7 Å². The minimum absolute atomic E-state index is 0.118. The second-order valence-electron chi connectivity index (χ2n) is 8.18. The molecule has 0 unspecified atom stereocenters. The molecule has 2 heterocycles. The number of piperidine rings is 2. The zero-order chi connectivity index (χ0) is 20.3. The van der Waals surface area contributed by atoms with Crippen LogP contribution in [0.4, 0.5) is 10.1 Å². The third-order valence-corrected chi connectivity index (χ3v) is 6.42. The molecule has 0 N–H and O–H groups in total. The summed E-state index contributed by atoms with van der Waals surface area (Å²) >= 11 is 0. The van der Waals surface area contributed by atoms with Gasteiger partial charge in [0.15, 0.2) is 0 Å². The predicted octanol–water partition coefficient (Wildman–Crippen LogP) is 4.19. The van der Waals surface area contributed by atoms with Crippen molar-refractivity contribution in [3.63, 3.8) is 0 Å². The summed E-state index contributed by atoms with van der Waals surface area (Å²) in [5.41, 5.74) is 1.60. The van der Waals surface area contributed by atoms with Crippen LogP contribution in [-0.4, -0.2) is 36.3 Å². The van der Waals surface area contributed by atoms with Gasteiger partial charge in [0.2, 0.25) is 11.8 Å².